The van der Waals surface area contributed by atoms with Crippen LogP contribution in [0.3, 0.4) is 0 Å². The van der Waals surface area contributed by atoms with Crippen LogP contribution in [0.5, 0.6) is 0 Å². The minimum absolute atomic E-state index is 0.0751. The summed E-state index contributed by atoms with van der Waals surface area (Å²) >= 11 is 7.30. The van der Waals surface area contributed by atoms with Crippen LogP contribution in [0.4, 0.5) is 5.69 Å². The number of fused-ring (bicyclic) bond motifs is 1. The molecule has 0 saturated carbocycles. The van der Waals surface area contributed by atoms with E-state index in [1.807, 2.05) is 18.4 Å². The van der Waals surface area contributed by atoms with Gasteiger partial charge in [-0.1, -0.05) is 23.7 Å². The molecule has 106 valence electrons. The van der Waals surface area contributed by atoms with E-state index in [-0.39, 0.29) is 16.9 Å². The van der Waals surface area contributed by atoms with Crippen LogP contribution < -0.4 is 5.32 Å². The summed E-state index contributed by atoms with van der Waals surface area (Å²) in [5.41, 5.74) is 2.56. The first kappa shape index (κ1) is 14.2. The summed E-state index contributed by atoms with van der Waals surface area (Å²) in [7, 11) is 0. The highest BCUT2D eigenvalue weighted by Gasteiger charge is 2.32. The van der Waals surface area contributed by atoms with Gasteiger partial charge in [0.2, 0.25) is 5.91 Å². The van der Waals surface area contributed by atoms with Gasteiger partial charge in [-0.05, 0) is 42.2 Å². The number of thioether (sulfide) groups is 1. The Morgan fingerprint density at radius 3 is 2.57 bits per heavy atom. The first-order chi connectivity index (χ1) is 10.1. The van der Waals surface area contributed by atoms with Gasteiger partial charge in [0.1, 0.15) is 5.25 Å². The van der Waals surface area contributed by atoms with Gasteiger partial charge in [0, 0.05) is 16.1 Å². The number of anilines is 1. The Morgan fingerprint density at radius 1 is 1.19 bits per heavy atom. The zero-order chi connectivity index (χ0) is 15.0. The molecule has 1 heterocycles. The zero-order valence-corrected chi connectivity index (χ0v) is 12.8. The van der Waals surface area contributed by atoms with E-state index in [1.165, 1.54) is 11.8 Å². The Balaban J connectivity index is 2.05. The third-order valence-corrected chi connectivity index (χ3v) is 4.64. The summed E-state index contributed by atoms with van der Waals surface area (Å²) in [6, 6.07) is 12.2. The number of hydrogen-bond donors (Lipinski definition) is 1. The van der Waals surface area contributed by atoms with Crippen molar-refractivity contribution in [1.82, 2.24) is 0 Å². The van der Waals surface area contributed by atoms with Crippen LogP contribution in [0.25, 0.3) is 0 Å². The molecule has 2 aromatic rings. The molecule has 0 bridgehead atoms. The van der Waals surface area contributed by atoms with Gasteiger partial charge >= 0.3 is 0 Å². The van der Waals surface area contributed by atoms with Crippen LogP contribution in [0.2, 0.25) is 5.02 Å². The number of benzene rings is 2. The number of halogens is 1. The van der Waals surface area contributed by atoms with E-state index in [4.69, 9.17) is 11.6 Å². The SMILES string of the molecule is CSC1C(=O)Nc2c(C(=O)c3ccc(Cl)cc3)cccc21. The molecule has 1 amide bonds. The van der Waals surface area contributed by atoms with Crippen LogP contribution in [-0.2, 0) is 4.79 Å². The van der Waals surface area contributed by atoms with Gasteiger partial charge in [-0.25, -0.2) is 0 Å². The highest BCUT2D eigenvalue weighted by Crippen LogP contribution is 2.41. The number of carbonyl (C=O) groups excluding carboxylic acids is 2. The van der Waals surface area contributed by atoms with Gasteiger partial charge in [0.05, 0.1) is 5.69 Å². The standard InChI is InChI=1S/C16H12ClNO2S/c1-21-15-12-4-2-3-11(13(12)18-16(15)20)14(19)9-5-7-10(17)8-6-9/h2-8,15H,1H3,(H,18,20). The lowest BCUT2D eigenvalue weighted by Crippen LogP contribution is -2.10. The lowest BCUT2D eigenvalue weighted by molar-refractivity contribution is -0.115. The highest BCUT2D eigenvalue weighted by molar-refractivity contribution is 7.99. The molecule has 0 aliphatic carbocycles. The fraction of sp³-hybridized carbons (Fsp3) is 0.125. The molecule has 3 rings (SSSR count). The van der Waals surface area contributed by atoms with E-state index in [0.717, 1.165) is 5.56 Å². The molecule has 2 aromatic carbocycles. The normalized spacial score (nSPS) is 16.5. The van der Waals surface area contributed by atoms with E-state index in [9.17, 15) is 9.59 Å². The molecule has 0 radical (unpaired) electrons. The molecule has 1 atom stereocenters. The van der Waals surface area contributed by atoms with Crippen molar-refractivity contribution in [3.05, 3.63) is 64.2 Å². The second-order valence-corrected chi connectivity index (χ2v) is 6.09. The van der Waals surface area contributed by atoms with Crippen molar-refractivity contribution in [3.63, 3.8) is 0 Å². The summed E-state index contributed by atoms with van der Waals surface area (Å²) in [5.74, 6) is -0.195. The molecule has 0 aromatic heterocycles. The molecule has 3 nitrogen and oxygen atoms in total. The number of rotatable bonds is 3. The molecular weight excluding hydrogens is 306 g/mol. The molecule has 0 saturated heterocycles. The van der Waals surface area contributed by atoms with Crippen LogP contribution in [-0.4, -0.2) is 17.9 Å². The second-order valence-electron chi connectivity index (χ2n) is 4.71. The lowest BCUT2D eigenvalue weighted by Gasteiger charge is -2.08. The topological polar surface area (TPSA) is 46.2 Å². The van der Waals surface area contributed by atoms with E-state index in [0.29, 0.717) is 21.8 Å². The van der Waals surface area contributed by atoms with Gasteiger partial charge in [-0.2, -0.15) is 0 Å². The number of carbonyl (C=O) groups is 2. The third kappa shape index (κ3) is 2.45. The number of ketones is 1. The first-order valence-electron chi connectivity index (χ1n) is 6.38. The van der Waals surface area contributed by atoms with Crippen LogP contribution in [0.15, 0.2) is 42.5 Å². The maximum Gasteiger partial charge on any atom is 0.242 e. The fourth-order valence-electron chi connectivity index (χ4n) is 2.44. The molecule has 1 N–H and O–H groups in total. The number of amides is 1. The van der Waals surface area contributed by atoms with Crippen LogP contribution in [0, 0.1) is 0 Å². The predicted octanol–water partition coefficient (Wildman–Crippen LogP) is 3.93. The Hall–Kier alpha value is -1.78. The van der Waals surface area contributed by atoms with Gasteiger partial charge in [0.25, 0.3) is 0 Å². The van der Waals surface area contributed by atoms with Crippen molar-refractivity contribution in [3.8, 4) is 0 Å². The summed E-state index contributed by atoms with van der Waals surface area (Å²) < 4.78 is 0. The lowest BCUT2D eigenvalue weighted by atomic mass is 9.99. The highest BCUT2D eigenvalue weighted by atomic mass is 35.5. The zero-order valence-electron chi connectivity index (χ0n) is 11.2. The summed E-state index contributed by atoms with van der Waals surface area (Å²) in [5, 5.41) is 3.15. The molecule has 1 unspecified atom stereocenters. The van der Waals surface area contributed by atoms with Crippen molar-refractivity contribution in [2.75, 3.05) is 11.6 Å². The Kier molecular flexibility index (Phi) is 3.74. The van der Waals surface area contributed by atoms with Gasteiger partial charge in [0.15, 0.2) is 5.78 Å². The molecule has 0 fully saturated rings. The molecule has 0 spiro atoms. The van der Waals surface area contributed by atoms with E-state index in [1.54, 1.807) is 30.3 Å². The van der Waals surface area contributed by atoms with Gasteiger partial charge in [-0.15, -0.1) is 11.8 Å². The molecule has 21 heavy (non-hydrogen) atoms. The van der Waals surface area contributed by atoms with Crippen LogP contribution in [0.1, 0.15) is 26.7 Å². The largest absolute Gasteiger partial charge is 0.324 e. The van der Waals surface area contributed by atoms with Gasteiger partial charge < -0.3 is 5.32 Å². The summed E-state index contributed by atoms with van der Waals surface area (Å²) in [6.07, 6.45) is 1.88. The fourth-order valence-corrected chi connectivity index (χ4v) is 3.29. The number of hydrogen-bond acceptors (Lipinski definition) is 3. The minimum atomic E-state index is -0.252. The van der Waals surface area contributed by atoms with E-state index >= 15 is 0 Å². The monoisotopic (exact) mass is 317 g/mol. The van der Waals surface area contributed by atoms with Crippen molar-refractivity contribution >= 4 is 40.7 Å². The quantitative estimate of drug-likeness (QED) is 0.873. The Morgan fingerprint density at radius 2 is 1.90 bits per heavy atom. The molecule has 5 heteroatoms. The molecule has 1 aliphatic rings. The van der Waals surface area contributed by atoms with Crippen molar-refractivity contribution in [2.45, 2.75) is 5.25 Å². The maximum atomic E-state index is 12.6. The molecule has 1 aliphatic heterocycles. The number of nitrogens with one attached hydrogen (secondary N) is 1. The van der Waals surface area contributed by atoms with E-state index < -0.39 is 0 Å². The number of para-hydroxylation sites is 1. The van der Waals surface area contributed by atoms with Crippen molar-refractivity contribution in [1.29, 1.82) is 0 Å². The average molecular weight is 318 g/mol. The van der Waals surface area contributed by atoms with Gasteiger partial charge in [-0.3, -0.25) is 9.59 Å². The van der Waals surface area contributed by atoms with Crippen LogP contribution >= 0.6 is 23.4 Å². The van der Waals surface area contributed by atoms with Crippen molar-refractivity contribution in [2.24, 2.45) is 0 Å². The first-order valence-corrected chi connectivity index (χ1v) is 8.05. The minimum Gasteiger partial charge on any atom is -0.324 e. The predicted molar refractivity (Wildman–Crippen MR) is 86.2 cm³/mol. The summed E-state index contributed by atoms with van der Waals surface area (Å²) in [4.78, 5) is 24.6. The summed E-state index contributed by atoms with van der Waals surface area (Å²) in [6.45, 7) is 0. The Labute approximate surface area is 131 Å². The second kappa shape index (κ2) is 5.54. The van der Waals surface area contributed by atoms with E-state index in [2.05, 4.69) is 5.32 Å². The van der Waals surface area contributed by atoms with Crippen molar-refractivity contribution < 1.29 is 9.59 Å². The smallest absolute Gasteiger partial charge is 0.242 e. The molecular formula is C16H12ClNO2S. The maximum absolute atomic E-state index is 12.6. The average Bonchev–Trinajstić information content (AvgIpc) is 2.82. The third-order valence-electron chi connectivity index (χ3n) is 3.45. The Bertz CT molecular complexity index is 728.